The third kappa shape index (κ3) is 5.18. The summed E-state index contributed by atoms with van der Waals surface area (Å²) in [6, 6.07) is 15.0. The van der Waals surface area contributed by atoms with Crippen LogP contribution in [0.2, 0.25) is 0 Å². The fraction of sp³-hybridized carbons (Fsp3) is 0.278. The number of unbranched alkanes of at least 4 members (excludes halogenated alkanes) is 1. The van der Waals surface area contributed by atoms with Crippen molar-refractivity contribution in [3.05, 3.63) is 65.7 Å². The number of carbonyl (C=O) groups excluding carboxylic acids is 1. The zero-order chi connectivity index (χ0) is 17.4. The van der Waals surface area contributed by atoms with E-state index in [-0.39, 0.29) is 16.6 Å². The second-order valence-electron chi connectivity index (χ2n) is 5.52. The maximum atomic E-state index is 12.4. The number of hydrogen-bond donors (Lipinski definition) is 2. The zero-order valence-corrected chi connectivity index (χ0v) is 14.3. The number of nitrogens with one attached hydrogen (secondary N) is 1. The van der Waals surface area contributed by atoms with E-state index in [2.05, 4.69) is 5.32 Å². The first kappa shape index (κ1) is 18.2. The summed E-state index contributed by atoms with van der Waals surface area (Å²) >= 11 is 0. The highest BCUT2D eigenvalue weighted by molar-refractivity contribution is 7.90. The molecule has 0 aliphatic carbocycles. The van der Waals surface area contributed by atoms with Crippen LogP contribution < -0.4 is 11.1 Å². The standard InChI is InChI=1S/C18H22N2O3S/c19-11-4-5-12-20-18(21)16-8-6-7-15(13-16)14-24(22,23)17-9-2-1-3-10-17/h1-3,6-10,13H,4-5,11-12,14,19H2,(H,20,21). The molecular weight excluding hydrogens is 324 g/mol. The topological polar surface area (TPSA) is 89.3 Å². The molecule has 0 aromatic heterocycles. The van der Waals surface area contributed by atoms with Gasteiger partial charge in [-0.3, -0.25) is 4.79 Å². The first-order valence-electron chi connectivity index (χ1n) is 7.88. The number of carbonyl (C=O) groups is 1. The van der Waals surface area contributed by atoms with E-state index < -0.39 is 9.84 Å². The van der Waals surface area contributed by atoms with Crippen molar-refractivity contribution in [1.82, 2.24) is 5.32 Å². The lowest BCUT2D eigenvalue weighted by molar-refractivity contribution is 0.0953. The molecule has 0 saturated carbocycles. The first-order chi connectivity index (χ1) is 11.5. The highest BCUT2D eigenvalue weighted by Gasteiger charge is 2.15. The van der Waals surface area contributed by atoms with Gasteiger partial charge in [-0.05, 0) is 49.2 Å². The van der Waals surface area contributed by atoms with Gasteiger partial charge in [0.05, 0.1) is 10.6 Å². The molecule has 0 saturated heterocycles. The van der Waals surface area contributed by atoms with E-state index in [1.807, 2.05) is 0 Å². The van der Waals surface area contributed by atoms with Gasteiger partial charge in [-0.25, -0.2) is 8.42 Å². The second-order valence-corrected chi connectivity index (χ2v) is 7.51. The highest BCUT2D eigenvalue weighted by atomic mass is 32.2. The number of nitrogens with two attached hydrogens (primary N) is 1. The lowest BCUT2D eigenvalue weighted by atomic mass is 10.1. The minimum atomic E-state index is -3.43. The molecule has 2 aromatic rings. The maximum Gasteiger partial charge on any atom is 0.251 e. The average molecular weight is 346 g/mol. The van der Waals surface area contributed by atoms with Crippen LogP contribution in [0.15, 0.2) is 59.5 Å². The summed E-state index contributed by atoms with van der Waals surface area (Å²) < 4.78 is 24.8. The van der Waals surface area contributed by atoms with Gasteiger partial charge < -0.3 is 11.1 Å². The Labute approximate surface area is 142 Å². The SMILES string of the molecule is NCCCCNC(=O)c1cccc(CS(=O)(=O)c2ccccc2)c1. The molecule has 6 heteroatoms. The van der Waals surface area contributed by atoms with E-state index in [1.165, 1.54) is 0 Å². The Bertz CT molecular complexity index is 774. The van der Waals surface area contributed by atoms with Crippen molar-refractivity contribution in [1.29, 1.82) is 0 Å². The Morgan fingerprint density at radius 2 is 1.75 bits per heavy atom. The van der Waals surface area contributed by atoms with Crippen molar-refractivity contribution in [2.24, 2.45) is 5.73 Å². The molecule has 0 aliphatic heterocycles. The van der Waals surface area contributed by atoms with Crippen molar-refractivity contribution >= 4 is 15.7 Å². The van der Waals surface area contributed by atoms with Crippen LogP contribution in [-0.4, -0.2) is 27.4 Å². The summed E-state index contributed by atoms with van der Waals surface area (Å²) in [7, 11) is -3.43. The molecular formula is C18H22N2O3S. The second kappa shape index (κ2) is 8.61. The number of rotatable bonds is 8. The predicted molar refractivity (Wildman–Crippen MR) is 94.4 cm³/mol. The predicted octanol–water partition coefficient (Wildman–Crippen LogP) is 2.13. The molecule has 3 N–H and O–H groups in total. The lowest BCUT2D eigenvalue weighted by Gasteiger charge is -2.08. The smallest absolute Gasteiger partial charge is 0.251 e. The molecule has 128 valence electrons. The normalized spacial score (nSPS) is 11.2. The summed E-state index contributed by atoms with van der Waals surface area (Å²) in [6.45, 7) is 1.16. The Kier molecular flexibility index (Phi) is 6.52. The van der Waals surface area contributed by atoms with E-state index >= 15 is 0 Å². The fourth-order valence-corrected chi connectivity index (χ4v) is 3.66. The molecule has 0 radical (unpaired) electrons. The minimum Gasteiger partial charge on any atom is -0.352 e. The van der Waals surface area contributed by atoms with Crippen molar-refractivity contribution in [3.8, 4) is 0 Å². The molecule has 1 amide bonds. The van der Waals surface area contributed by atoms with Gasteiger partial charge in [0.1, 0.15) is 0 Å². The van der Waals surface area contributed by atoms with Gasteiger partial charge in [0.25, 0.3) is 5.91 Å². The molecule has 2 rings (SSSR count). The summed E-state index contributed by atoms with van der Waals surface area (Å²) in [5, 5.41) is 2.81. The average Bonchev–Trinajstić information content (AvgIpc) is 2.59. The largest absolute Gasteiger partial charge is 0.352 e. The third-order valence-corrected chi connectivity index (χ3v) is 5.27. The quantitative estimate of drug-likeness (QED) is 0.717. The third-order valence-electron chi connectivity index (χ3n) is 3.56. The molecule has 0 heterocycles. The van der Waals surface area contributed by atoms with Gasteiger partial charge in [0, 0.05) is 12.1 Å². The van der Waals surface area contributed by atoms with Gasteiger partial charge in [0.2, 0.25) is 0 Å². The zero-order valence-electron chi connectivity index (χ0n) is 13.4. The number of sulfone groups is 1. The highest BCUT2D eigenvalue weighted by Crippen LogP contribution is 2.17. The van der Waals surface area contributed by atoms with Gasteiger partial charge in [-0.2, -0.15) is 0 Å². The van der Waals surface area contributed by atoms with E-state index in [0.29, 0.717) is 24.2 Å². The molecule has 0 atom stereocenters. The number of hydrogen-bond acceptors (Lipinski definition) is 4. The van der Waals surface area contributed by atoms with Crippen molar-refractivity contribution in [3.63, 3.8) is 0 Å². The van der Waals surface area contributed by atoms with E-state index in [0.717, 1.165) is 12.8 Å². The Morgan fingerprint density at radius 1 is 1.00 bits per heavy atom. The summed E-state index contributed by atoms with van der Waals surface area (Å²) in [6.07, 6.45) is 1.68. The molecule has 0 unspecified atom stereocenters. The van der Waals surface area contributed by atoms with Gasteiger partial charge in [-0.1, -0.05) is 30.3 Å². The van der Waals surface area contributed by atoms with Gasteiger partial charge in [0.15, 0.2) is 9.84 Å². The van der Waals surface area contributed by atoms with Crippen LogP contribution in [0.3, 0.4) is 0 Å². The summed E-state index contributed by atoms with van der Waals surface area (Å²) in [5.74, 6) is -0.336. The van der Waals surface area contributed by atoms with Gasteiger partial charge in [-0.15, -0.1) is 0 Å². The monoisotopic (exact) mass is 346 g/mol. The number of benzene rings is 2. The van der Waals surface area contributed by atoms with Crippen molar-refractivity contribution in [2.75, 3.05) is 13.1 Å². The van der Waals surface area contributed by atoms with Crippen LogP contribution in [0.1, 0.15) is 28.8 Å². The molecule has 24 heavy (non-hydrogen) atoms. The maximum absolute atomic E-state index is 12.4. The molecule has 0 fully saturated rings. The van der Waals surface area contributed by atoms with Gasteiger partial charge >= 0.3 is 0 Å². The molecule has 0 aliphatic rings. The van der Waals surface area contributed by atoms with Crippen LogP contribution in [0.25, 0.3) is 0 Å². The van der Waals surface area contributed by atoms with Crippen LogP contribution in [-0.2, 0) is 15.6 Å². The van der Waals surface area contributed by atoms with E-state index in [4.69, 9.17) is 5.73 Å². The van der Waals surface area contributed by atoms with Crippen molar-refractivity contribution < 1.29 is 13.2 Å². The fourth-order valence-electron chi connectivity index (χ4n) is 2.31. The van der Waals surface area contributed by atoms with Crippen LogP contribution in [0.5, 0.6) is 0 Å². The van der Waals surface area contributed by atoms with Crippen molar-refractivity contribution in [2.45, 2.75) is 23.5 Å². The number of amides is 1. The Morgan fingerprint density at radius 3 is 2.46 bits per heavy atom. The van der Waals surface area contributed by atoms with Crippen LogP contribution in [0, 0.1) is 0 Å². The summed E-state index contributed by atoms with van der Waals surface area (Å²) in [5.41, 5.74) is 6.47. The minimum absolute atomic E-state index is 0.134. The van der Waals surface area contributed by atoms with E-state index in [1.54, 1.807) is 54.6 Å². The first-order valence-corrected chi connectivity index (χ1v) is 9.53. The summed E-state index contributed by atoms with van der Waals surface area (Å²) in [4.78, 5) is 12.4. The van der Waals surface area contributed by atoms with E-state index in [9.17, 15) is 13.2 Å². The molecule has 0 spiro atoms. The lowest BCUT2D eigenvalue weighted by Crippen LogP contribution is -2.25. The Hall–Kier alpha value is -2.18. The van der Waals surface area contributed by atoms with Crippen LogP contribution in [0.4, 0.5) is 0 Å². The molecule has 5 nitrogen and oxygen atoms in total. The molecule has 2 aromatic carbocycles. The Balaban J connectivity index is 2.06. The molecule has 0 bridgehead atoms. The van der Waals surface area contributed by atoms with Crippen LogP contribution >= 0.6 is 0 Å².